The van der Waals surface area contributed by atoms with Crippen molar-refractivity contribution in [1.82, 2.24) is 19.5 Å². The van der Waals surface area contributed by atoms with Crippen LogP contribution in [0.4, 0.5) is 5.82 Å². The standard InChI is InChI=1S/C29H52N5O5P/c1-2-3-4-5-6-7-8-9-10-11-12-13-14-15-16-17-18-38-40(36,37)39-21-24-19-26(25(24)20-35)34-23-33-27-28(30)31-22-32-29(27)34/h22-26,35H,2-21H2,1H3,(H,36,37)(H2,30,31,32)/t24-,25+,26-/m1/s1. The van der Waals surface area contributed by atoms with Crippen molar-refractivity contribution in [3.8, 4) is 0 Å². The average Bonchev–Trinajstić information content (AvgIpc) is 3.35. The van der Waals surface area contributed by atoms with E-state index in [1.807, 2.05) is 4.57 Å². The first-order valence-electron chi connectivity index (χ1n) is 15.6. The normalized spacial score (nSPS) is 20.5. The van der Waals surface area contributed by atoms with Gasteiger partial charge in [-0.2, -0.15) is 0 Å². The van der Waals surface area contributed by atoms with Crippen LogP contribution < -0.4 is 5.73 Å². The van der Waals surface area contributed by atoms with Gasteiger partial charge in [0.15, 0.2) is 11.5 Å². The van der Waals surface area contributed by atoms with Crippen LogP contribution in [0.3, 0.4) is 0 Å². The van der Waals surface area contributed by atoms with Crippen LogP contribution in [0.15, 0.2) is 12.7 Å². The Bertz CT molecular complexity index is 1020. The summed E-state index contributed by atoms with van der Waals surface area (Å²) in [4.78, 5) is 22.6. The molecular weight excluding hydrogens is 529 g/mol. The lowest BCUT2D eigenvalue weighted by molar-refractivity contribution is -0.00810. The second kappa shape index (κ2) is 18.1. The summed E-state index contributed by atoms with van der Waals surface area (Å²) in [6, 6.07) is -0.0398. The van der Waals surface area contributed by atoms with Gasteiger partial charge < -0.3 is 20.3 Å². The zero-order chi connectivity index (χ0) is 28.6. The molecule has 4 N–H and O–H groups in total. The number of nitrogen functional groups attached to an aromatic ring is 1. The van der Waals surface area contributed by atoms with Crippen LogP contribution in [0.1, 0.15) is 122 Å². The van der Waals surface area contributed by atoms with E-state index in [2.05, 4.69) is 21.9 Å². The molecule has 2 aromatic heterocycles. The van der Waals surface area contributed by atoms with Crippen LogP contribution in [0.5, 0.6) is 0 Å². The molecule has 1 unspecified atom stereocenters. The monoisotopic (exact) mass is 581 g/mol. The smallest absolute Gasteiger partial charge is 0.396 e. The Hall–Kier alpha value is -1.58. The maximum Gasteiger partial charge on any atom is 0.472 e. The number of rotatable bonds is 23. The molecule has 1 aliphatic rings. The Morgan fingerprint density at radius 2 is 1.48 bits per heavy atom. The number of nitrogens with two attached hydrogens (primary N) is 1. The van der Waals surface area contributed by atoms with Crippen LogP contribution in [0.25, 0.3) is 11.2 Å². The molecule has 11 heteroatoms. The van der Waals surface area contributed by atoms with Crippen molar-refractivity contribution >= 4 is 24.8 Å². The van der Waals surface area contributed by atoms with Crippen molar-refractivity contribution in [3.63, 3.8) is 0 Å². The number of phosphoric ester groups is 1. The first-order chi connectivity index (χ1) is 19.5. The number of unbranched alkanes of at least 4 members (excludes halogenated alkanes) is 15. The minimum Gasteiger partial charge on any atom is -0.396 e. The first-order valence-corrected chi connectivity index (χ1v) is 17.1. The predicted molar refractivity (Wildman–Crippen MR) is 159 cm³/mol. The third-order valence-electron chi connectivity index (χ3n) is 8.30. The minimum absolute atomic E-state index is 0.0398. The molecule has 0 aliphatic heterocycles. The largest absolute Gasteiger partial charge is 0.472 e. The minimum atomic E-state index is -4.12. The van der Waals surface area contributed by atoms with E-state index in [0.29, 0.717) is 23.4 Å². The van der Waals surface area contributed by atoms with Crippen LogP contribution >= 0.6 is 7.82 Å². The van der Waals surface area contributed by atoms with Crippen molar-refractivity contribution in [3.05, 3.63) is 12.7 Å². The van der Waals surface area contributed by atoms with Gasteiger partial charge >= 0.3 is 7.82 Å². The molecule has 0 aromatic carbocycles. The number of aromatic nitrogens is 4. The van der Waals surface area contributed by atoms with Gasteiger partial charge in [-0.25, -0.2) is 19.5 Å². The van der Waals surface area contributed by atoms with E-state index in [4.69, 9.17) is 14.8 Å². The number of hydrogen-bond acceptors (Lipinski definition) is 8. The Morgan fingerprint density at radius 1 is 0.900 bits per heavy atom. The highest BCUT2D eigenvalue weighted by Gasteiger charge is 2.43. The SMILES string of the molecule is CCCCCCCCCCCCCCCCCCOP(=O)(O)OC[C@H]1C[C@@H](n2cnc3c(N)ncnc32)[C@H]1CO. The number of fused-ring (bicyclic) bond motifs is 1. The van der Waals surface area contributed by atoms with Crippen molar-refractivity contribution in [2.45, 2.75) is 122 Å². The van der Waals surface area contributed by atoms with Crippen molar-refractivity contribution in [2.75, 3.05) is 25.6 Å². The van der Waals surface area contributed by atoms with Gasteiger partial charge in [-0.3, -0.25) is 9.05 Å². The zero-order valence-electron chi connectivity index (χ0n) is 24.5. The Morgan fingerprint density at radius 3 is 2.05 bits per heavy atom. The molecule has 10 nitrogen and oxygen atoms in total. The molecule has 1 saturated carbocycles. The van der Waals surface area contributed by atoms with Gasteiger partial charge in [-0.1, -0.05) is 103 Å². The lowest BCUT2D eigenvalue weighted by atomic mass is 9.70. The number of hydrogen-bond donors (Lipinski definition) is 3. The highest BCUT2D eigenvalue weighted by Crippen LogP contribution is 2.49. The van der Waals surface area contributed by atoms with Crippen LogP contribution in [0, 0.1) is 11.8 Å². The summed E-state index contributed by atoms with van der Waals surface area (Å²) in [7, 11) is -4.12. The molecule has 2 heterocycles. The van der Waals surface area contributed by atoms with Crippen molar-refractivity contribution in [2.24, 2.45) is 11.8 Å². The number of aliphatic hydroxyl groups is 1. The second-order valence-electron chi connectivity index (χ2n) is 11.4. The van der Waals surface area contributed by atoms with Crippen LogP contribution in [-0.2, 0) is 13.6 Å². The fourth-order valence-corrected chi connectivity index (χ4v) is 6.54. The quantitative estimate of drug-likeness (QED) is 0.0935. The van der Waals surface area contributed by atoms with Gasteiger partial charge in [-0.15, -0.1) is 0 Å². The number of anilines is 1. The summed E-state index contributed by atoms with van der Waals surface area (Å²) >= 11 is 0. The molecule has 0 saturated heterocycles. The van der Waals surface area contributed by atoms with Gasteiger partial charge in [0.05, 0.1) is 19.5 Å². The molecule has 0 radical (unpaired) electrons. The molecule has 4 atom stereocenters. The maximum absolute atomic E-state index is 12.3. The van der Waals surface area contributed by atoms with Gasteiger partial charge in [0.2, 0.25) is 0 Å². The van der Waals surface area contributed by atoms with Gasteiger partial charge in [0.1, 0.15) is 11.8 Å². The lowest BCUT2D eigenvalue weighted by Gasteiger charge is -2.44. The van der Waals surface area contributed by atoms with Crippen LogP contribution in [-0.4, -0.2) is 49.3 Å². The van der Waals surface area contributed by atoms with E-state index in [1.54, 1.807) is 6.33 Å². The molecule has 228 valence electrons. The lowest BCUT2D eigenvalue weighted by Crippen LogP contribution is -2.42. The summed E-state index contributed by atoms with van der Waals surface area (Å²) in [6.45, 7) is 2.46. The summed E-state index contributed by atoms with van der Waals surface area (Å²) in [5, 5.41) is 9.94. The molecule has 0 spiro atoms. The van der Waals surface area contributed by atoms with E-state index in [0.717, 1.165) is 19.3 Å². The number of phosphoric acid groups is 1. The molecule has 0 bridgehead atoms. The number of nitrogens with zero attached hydrogens (tertiary/aromatic N) is 4. The second-order valence-corrected chi connectivity index (χ2v) is 12.8. The molecule has 3 rings (SSSR count). The predicted octanol–water partition coefficient (Wildman–Crippen LogP) is 6.97. The van der Waals surface area contributed by atoms with E-state index in [-0.39, 0.29) is 37.7 Å². The Kier molecular flexibility index (Phi) is 14.9. The fraction of sp³-hybridized carbons (Fsp3) is 0.828. The van der Waals surface area contributed by atoms with Crippen molar-refractivity contribution in [1.29, 1.82) is 0 Å². The number of imidazole rings is 1. The molecule has 2 aromatic rings. The average molecular weight is 582 g/mol. The molecule has 40 heavy (non-hydrogen) atoms. The summed E-state index contributed by atoms with van der Waals surface area (Å²) < 4.78 is 24.7. The van der Waals surface area contributed by atoms with Gasteiger partial charge in [-0.05, 0) is 18.8 Å². The van der Waals surface area contributed by atoms with Crippen LogP contribution in [0.2, 0.25) is 0 Å². The highest BCUT2D eigenvalue weighted by molar-refractivity contribution is 7.47. The molecular formula is C29H52N5O5P. The maximum atomic E-state index is 12.3. The summed E-state index contributed by atoms with van der Waals surface area (Å²) in [6.07, 6.45) is 24.2. The van der Waals surface area contributed by atoms with E-state index in [9.17, 15) is 14.6 Å². The van der Waals surface area contributed by atoms with E-state index in [1.165, 1.54) is 89.8 Å². The summed E-state index contributed by atoms with van der Waals surface area (Å²) in [5.41, 5.74) is 7.02. The van der Waals surface area contributed by atoms with E-state index >= 15 is 0 Å². The van der Waals surface area contributed by atoms with E-state index < -0.39 is 7.82 Å². The van der Waals surface area contributed by atoms with Gasteiger partial charge in [0, 0.05) is 18.6 Å². The zero-order valence-corrected chi connectivity index (χ0v) is 25.4. The Balaban J connectivity index is 1.17. The van der Waals surface area contributed by atoms with Crippen molar-refractivity contribution < 1.29 is 23.6 Å². The number of aliphatic hydroxyl groups excluding tert-OH is 1. The molecule has 1 fully saturated rings. The third kappa shape index (κ3) is 10.7. The molecule has 1 aliphatic carbocycles. The topological polar surface area (TPSA) is 146 Å². The van der Waals surface area contributed by atoms with Gasteiger partial charge in [0.25, 0.3) is 0 Å². The molecule has 0 amide bonds. The summed E-state index contributed by atoms with van der Waals surface area (Å²) in [5.74, 6) is 0.103. The third-order valence-corrected chi connectivity index (χ3v) is 9.29. The Labute approximate surface area is 240 Å². The fourth-order valence-electron chi connectivity index (χ4n) is 5.73. The first kappa shape index (κ1) is 32.9. The highest BCUT2D eigenvalue weighted by atomic mass is 31.2.